The molecule has 0 fully saturated rings. The summed E-state index contributed by atoms with van der Waals surface area (Å²) in [6, 6.07) is 8.42. The number of hydrogen-bond acceptors (Lipinski definition) is 4. The lowest BCUT2D eigenvalue weighted by molar-refractivity contribution is 0.626. The molecule has 0 N–H and O–H groups in total. The van der Waals surface area contributed by atoms with Crippen molar-refractivity contribution in [3.8, 4) is 17.5 Å². The van der Waals surface area contributed by atoms with Crippen molar-refractivity contribution in [1.29, 1.82) is 5.26 Å². The molecule has 0 spiro atoms. The van der Waals surface area contributed by atoms with Gasteiger partial charge in [-0.2, -0.15) is 5.26 Å². The minimum absolute atomic E-state index is 0.270. The Labute approximate surface area is 114 Å². The van der Waals surface area contributed by atoms with E-state index < -0.39 is 0 Å². The van der Waals surface area contributed by atoms with E-state index in [2.05, 4.69) is 16.8 Å². The smallest absolute Gasteiger partial charge is 0.192 e. The zero-order valence-electron chi connectivity index (χ0n) is 10.1. The summed E-state index contributed by atoms with van der Waals surface area (Å²) in [5.41, 5.74) is 0.389. The molecule has 0 aliphatic heterocycles. The molecule has 1 aromatic carbocycles. The molecule has 2 aromatic rings. The highest BCUT2D eigenvalue weighted by Crippen LogP contribution is 2.25. The van der Waals surface area contributed by atoms with Crippen LogP contribution in [0.25, 0.3) is 11.4 Å². The maximum Gasteiger partial charge on any atom is 0.192 e. The van der Waals surface area contributed by atoms with Crippen molar-refractivity contribution in [2.24, 2.45) is 0 Å². The van der Waals surface area contributed by atoms with Crippen LogP contribution in [0.4, 0.5) is 4.39 Å². The number of nitriles is 1. The molecule has 2 rings (SSSR count). The Bertz CT molecular complexity index is 630. The molecule has 0 aliphatic rings. The minimum Gasteiger partial charge on any atom is -0.298 e. The molecule has 0 bridgehead atoms. The van der Waals surface area contributed by atoms with Crippen molar-refractivity contribution in [2.75, 3.05) is 5.75 Å². The first-order chi connectivity index (χ1) is 9.27. The summed E-state index contributed by atoms with van der Waals surface area (Å²) in [7, 11) is 0. The van der Waals surface area contributed by atoms with E-state index in [1.165, 1.54) is 17.8 Å². The quantitative estimate of drug-likeness (QED) is 0.621. The van der Waals surface area contributed by atoms with Crippen molar-refractivity contribution in [3.63, 3.8) is 0 Å². The van der Waals surface area contributed by atoms with Gasteiger partial charge in [-0.15, -0.1) is 16.8 Å². The van der Waals surface area contributed by atoms with Crippen LogP contribution in [0.15, 0.2) is 42.1 Å². The Kier molecular flexibility index (Phi) is 4.31. The van der Waals surface area contributed by atoms with Crippen LogP contribution < -0.4 is 0 Å². The van der Waals surface area contributed by atoms with Crippen molar-refractivity contribution in [1.82, 2.24) is 14.8 Å². The van der Waals surface area contributed by atoms with Gasteiger partial charge in [0, 0.05) is 6.54 Å². The fourth-order valence-electron chi connectivity index (χ4n) is 1.63. The maximum absolute atomic E-state index is 13.8. The van der Waals surface area contributed by atoms with Crippen molar-refractivity contribution in [3.05, 3.63) is 42.7 Å². The second kappa shape index (κ2) is 6.16. The fourth-order valence-corrected chi connectivity index (χ4v) is 2.24. The monoisotopic (exact) mass is 274 g/mol. The summed E-state index contributed by atoms with van der Waals surface area (Å²) in [5.74, 6) is 0.363. The third kappa shape index (κ3) is 2.83. The Balaban J connectivity index is 2.46. The molecule has 1 heterocycles. The Morgan fingerprint density at radius 3 is 2.89 bits per heavy atom. The summed E-state index contributed by atoms with van der Waals surface area (Å²) in [6.45, 7) is 4.13. The molecule has 0 saturated carbocycles. The van der Waals surface area contributed by atoms with E-state index in [0.717, 1.165) is 0 Å². The lowest BCUT2D eigenvalue weighted by Crippen LogP contribution is -2.01. The number of benzene rings is 1. The molecule has 6 heteroatoms. The minimum atomic E-state index is -0.350. The van der Waals surface area contributed by atoms with Crippen LogP contribution in [0, 0.1) is 17.1 Å². The van der Waals surface area contributed by atoms with Gasteiger partial charge in [0.2, 0.25) is 0 Å². The first kappa shape index (κ1) is 13.3. The zero-order valence-corrected chi connectivity index (χ0v) is 10.9. The molecule has 19 heavy (non-hydrogen) atoms. The molecule has 4 nitrogen and oxygen atoms in total. The average molecular weight is 274 g/mol. The molecule has 0 radical (unpaired) electrons. The van der Waals surface area contributed by atoms with E-state index in [1.807, 2.05) is 6.07 Å². The van der Waals surface area contributed by atoms with E-state index >= 15 is 0 Å². The molecule has 0 saturated heterocycles. The van der Waals surface area contributed by atoms with Gasteiger partial charge in [-0.1, -0.05) is 30.0 Å². The third-order valence-corrected chi connectivity index (χ3v) is 3.24. The van der Waals surface area contributed by atoms with Gasteiger partial charge in [-0.3, -0.25) is 4.57 Å². The normalized spacial score (nSPS) is 10.1. The number of hydrogen-bond donors (Lipinski definition) is 0. The molecular weight excluding hydrogens is 263 g/mol. The third-order valence-electron chi connectivity index (χ3n) is 2.41. The van der Waals surface area contributed by atoms with Gasteiger partial charge < -0.3 is 0 Å². The number of rotatable bonds is 5. The van der Waals surface area contributed by atoms with E-state index in [0.29, 0.717) is 23.1 Å². The predicted molar refractivity (Wildman–Crippen MR) is 72.0 cm³/mol. The van der Waals surface area contributed by atoms with Crippen LogP contribution in [-0.4, -0.2) is 20.5 Å². The number of halogens is 1. The maximum atomic E-state index is 13.8. The standard InChI is InChI=1S/C13H11FN4S/c1-2-8-18-12(10-5-3-4-6-11(10)14)16-17-13(18)19-9-7-15/h2-6H,1,8-9H2. The zero-order chi connectivity index (χ0) is 13.7. The lowest BCUT2D eigenvalue weighted by atomic mass is 10.2. The Morgan fingerprint density at radius 1 is 1.42 bits per heavy atom. The van der Waals surface area contributed by atoms with Crippen LogP contribution in [0.3, 0.4) is 0 Å². The van der Waals surface area contributed by atoms with Crippen LogP contribution in [-0.2, 0) is 6.54 Å². The second-order valence-electron chi connectivity index (χ2n) is 3.63. The number of nitrogens with zero attached hydrogens (tertiary/aromatic N) is 4. The van der Waals surface area contributed by atoms with Gasteiger partial charge in [0.25, 0.3) is 0 Å². The highest BCUT2D eigenvalue weighted by atomic mass is 32.2. The Hall–Kier alpha value is -2.13. The Morgan fingerprint density at radius 2 is 2.21 bits per heavy atom. The summed E-state index contributed by atoms with van der Waals surface area (Å²) >= 11 is 1.27. The fraction of sp³-hybridized carbons (Fsp3) is 0.154. The van der Waals surface area contributed by atoms with Gasteiger partial charge in [0.1, 0.15) is 5.82 Å². The lowest BCUT2D eigenvalue weighted by Gasteiger charge is -2.07. The summed E-state index contributed by atoms with van der Waals surface area (Å²) in [6.07, 6.45) is 1.68. The van der Waals surface area contributed by atoms with Crippen LogP contribution in [0.5, 0.6) is 0 Å². The highest BCUT2D eigenvalue weighted by Gasteiger charge is 2.15. The van der Waals surface area contributed by atoms with Crippen molar-refractivity contribution < 1.29 is 4.39 Å². The molecule has 0 aliphatic carbocycles. The van der Waals surface area contributed by atoms with Crippen LogP contribution in [0.1, 0.15) is 0 Å². The topological polar surface area (TPSA) is 54.5 Å². The number of thioether (sulfide) groups is 1. The summed E-state index contributed by atoms with van der Waals surface area (Å²) < 4.78 is 15.5. The first-order valence-electron chi connectivity index (χ1n) is 5.56. The summed E-state index contributed by atoms with van der Waals surface area (Å²) in [5, 5.41) is 17.2. The SMILES string of the molecule is C=CCn1c(SCC#N)nnc1-c1ccccc1F. The van der Waals surface area contributed by atoms with Crippen LogP contribution in [0.2, 0.25) is 0 Å². The first-order valence-corrected chi connectivity index (χ1v) is 6.55. The molecule has 1 aromatic heterocycles. The average Bonchev–Trinajstić information content (AvgIpc) is 2.80. The van der Waals surface area contributed by atoms with Gasteiger partial charge in [-0.05, 0) is 12.1 Å². The molecular formula is C13H11FN4S. The van der Waals surface area contributed by atoms with Gasteiger partial charge in [-0.25, -0.2) is 4.39 Å². The molecule has 0 atom stereocenters. The highest BCUT2D eigenvalue weighted by molar-refractivity contribution is 7.99. The van der Waals surface area contributed by atoms with Crippen LogP contribution >= 0.6 is 11.8 Å². The molecule has 0 unspecified atom stereocenters. The number of aromatic nitrogens is 3. The van der Waals surface area contributed by atoms with Crippen molar-refractivity contribution in [2.45, 2.75) is 11.7 Å². The van der Waals surface area contributed by atoms with E-state index in [4.69, 9.17) is 5.26 Å². The largest absolute Gasteiger partial charge is 0.298 e. The van der Waals surface area contributed by atoms with E-state index in [-0.39, 0.29) is 11.6 Å². The number of allylic oxidation sites excluding steroid dienone is 1. The van der Waals surface area contributed by atoms with Gasteiger partial charge >= 0.3 is 0 Å². The second-order valence-corrected chi connectivity index (χ2v) is 4.57. The van der Waals surface area contributed by atoms with Gasteiger partial charge in [0.05, 0.1) is 17.4 Å². The van der Waals surface area contributed by atoms with E-state index in [9.17, 15) is 4.39 Å². The van der Waals surface area contributed by atoms with Gasteiger partial charge in [0.15, 0.2) is 11.0 Å². The molecule has 96 valence electrons. The molecule has 0 amide bonds. The van der Waals surface area contributed by atoms with Crippen molar-refractivity contribution >= 4 is 11.8 Å². The summed E-state index contributed by atoms with van der Waals surface area (Å²) in [4.78, 5) is 0. The van der Waals surface area contributed by atoms with E-state index in [1.54, 1.807) is 28.8 Å². The predicted octanol–water partition coefficient (Wildman–Crippen LogP) is 2.89.